The van der Waals surface area contributed by atoms with Crippen molar-refractivity contribution in [3.63, 3.8) is 0 Å². The standard InChI is InChI=1S/C23H29N3O4/c1-29-19-8-9-20(30-2)22-17(19)14-26(15-18(22)27)23(28)16-7-10-21(24-13-16)25-11-5-3-4-6-12-25/h7-10,13,18,27H,3-6,11-12,14-15H2,1-2H3/t18-/m1/s1. The van der Waals surface area contributed by atoms with E-state index < -0.39 is 6.10 Å². The first kappa shape index (κ1) is 20.5. The van der Waals surface area contributed by atoms with Gasteiger partial charge in [-0.3, -0.25) is 4.79 Å². The molecule has 0 radical (unpaired) electrons. The minimum Gasteiger partial charge on any atom is -0.496 e. The zero-order chi connectivity index (χ0) is 21.1. The van der Waals surface area contributed by atoms with Gasteiger partial charge in [0.15, 0.2) is 0 Å². The predicted molar refractivity (Wildman–Crippen MR) is 114 cm³/mol. The molecule has 7 heteroatoms. The van der Waals surface area contributed by atoms with E-state index in [1.807, 2.05) is 12.1 Å². The number of benzene rings is 1. The summed E-state index contributed by atoms with van der Waals surface area (Å²) >= 11 is 0. The van der Waals surface area contributed by atoms with E-state index in [9.17, 15) is 9.90 Å². The van der Waals surface area contributed by atoms with Gasteiger partial charge in [-0.2, -0.15) is 0 Å². The van der Waals surface area contributed by atoms with Gasteiger partial charge in [0.25, 0.3) is 5.91 Å². The third kappa shape index (κ3) is 3.94. The van der Waals surface area contributed by atoms with Crippen LogP contribution in [0.2, 0.25) is 0 Å². The molecule has 4 rings (SSSR count). The number of carbonyl (C=O) groups is 1. The number of fused-ring (bicyclic) bond motifs is 1. The van der Waals surface area contributed by atoms with Crippen molar-refractivity contribution >= 4 is 11.7 Å². The van der Waals surface area contributed by atoms with Gasteiger partial charge in [-0.1, -0.05) is 12.8 Å². The van der Waals surface area contributed by atoms with Crippen molar-refractivity contribution in [3.05, 3.63) is 47.2 Å². The summed E-state index contributed by atoms with van der Waals surface area (Å²) in [6, 6.07) is 7.34. The van der Waals surface area contributed by atoms with E-state index in [0.29, 0.717) is 29.2 Å². The van der Waals surface area contributed by atoms with Crippen LogP contribution in [0.3, 0.4) is 0 Å². The van der Waals surface area contributed by atoms with Crippen LogP contribution in [0.5, 0.6) is 11.5 Å². The summed E-state index contributed by atoms with van der Waals surface area (Å²) in [5.41, 5.74) is 1.99. The molecule has 1 aromatic carbocycles. The molecule has 160 valence electrons. The number of aliphatic hydroxyl groups excluding tert-OH is 1. The second-order valence-corrected chi connectivity index (χ2v) is 7.87. The Balaban J connectivity index is 1.54. The van der Waals surface area contributed by atoms with Gasteiger partial charge >= 0.3 is 0 Å². The number of rotatable bonds is 4. The topological polar surface area (TPSA) is 75.1 Å². The lowest BCUT2D eigenvalue weighted by atomic mass is 9.94. The molecule has 2 aliphatic rings. The van der Waals surface area contributed by atoms with Crippen molar-refractivity contribution in [1.82, 2.24) is 9.88 Å². The number of hydrogen-bond acceptors (Lipinski definition) is 6. The first-order valence-corrected chi connectivity index (χ1v) is 10.5. The minimum absolute atomic E-state index is 0.153. The second kappa shape index (κ2) is 8.92. The molecule has 0 spiro atoms. The molecule has 3 heterocycles. The number of nitrogens with zero attached hydrogens (tertiary/aromatic N) is 3. The van der Waals surface area contributed by atoms with Gasteiger partial charge in [-0.25, -0.2) is 4.98 Å². The lowest BCUT2D eigenvalue weighted by Gasteiger charge is -2.34. The van der Waals surface area contributed by atoms with Crippen LogP contribution in [0.25, 0.3) is 0 Å². The fourth-order valence-electron chi connectivity index (χ4n) is 4.41. The second-order valence-electron chi connectivity index (χ2n) is 7.87. The average Bonchev–Trinajstić information content (AvgIpc) is 3.07. The maximum absolute atomic E-state index is 13.1. The molecule has 1 amide bonds. The summed E-state index contributed by atoms with van der Waals surface area (Å²) < 4.78 is 10.9. The van der Waals surface area contributed by atoms with Crippen LogP contribution in [0.1, 0.15) is 53.3 Å². The summed E-state index contributed by atoms with van der Waals surface area (Å²) in [5, 5.41) is 10.7. The average molecular weight is 412 g/mol. The summed E-state index contributed by atoms with van der Waals surface area (Å²) in [4.78, 5) is 21.6. The van der Waals surface area contributed by atoms with E-state index >= 15 is 0 Å². The number of pyridine rings is 1. The molecular weight excluding hydrogens is 382 g/mol. The van der Waals surface area contributed by atoms with Gasteiger partial charge in [0.05, 0.1) is 32.9 Å². The molecule has 0 saturated carbocycles. The SMILES string of the molecule is COc1ccc(OC)c2c1CN(C(=O)c1ccc(N3CCCCCC3)nc1)C[C@H]2O. The number of carbonyl (C=O) groups excluding carboxylic acids is 1. The zero-order valence-electron chi connectivity index (χ0n) is 17.6. The molecule has 1 N–H and O–H groups in total. The molecule has 30 heavy (non-hydrogen) atoms. The van der Waals surface area contributed by atoms with Crippen molar-refractivity contribution in [2.24, 2.45) is 0 Å². The summed E-state index contributed by atoms with van der Waals surface area (Å²) in [5.74, 6) is 2.01. The highest BCUT2D eigenvalue weighted by Gasteiger charge is 2.32. The van der Waals surface area contributed by atoms with E-state index in [1.165, 1.54) is 25.7 Å². The Morgan fingerprint density at radius 2 is 1.73 bits per heavy atom. The number of hydrogen-bond donors (Lipinski definition) is 1. The van der Waals surface area contributed by atoms with Crippen LogP contribution in [0, 0.1) is 0 Å². The Labute approximate surface area is 177 Å². The van der Waals surface area contributed by atoms with Gasteiger partial charge in [-0.15, -0.1) is 0 Å². The molecule has 2 aromatic rings. The lowest BCUT2D eigenvalue weighted by Crippen LogP contribution is -2.38. The molecule has 2 aliphatic heterocycles. The number of aromatic nitrogens is 1. The fraction of sp³-hybridized carbons (Fsp3) is 0.478. The van der Waals surface area contributed by atoms with Gasteiger partial charge in [0, 0.05) is 30.4 Å². The highest BCUT2D eigenvalue weighted by molar-refractivity contribution is 5.94. The van der Waals surface area contributed by atoms with E-state index in [4.69, 9.17) is 9.47 Å². The highest BCUT2D eigenvalue weighted by Crippen LogP contribution is 2.39. The minimum atomic E-state index is -0.841. The molecule has 0 unspecified atom stereocenters. The van der Waals surface area contributed by atoms with Crippen LogP contribution < -0.4 is 14.4 Å². The van der Waals surface area contributed by atoms with E-state index in [0.717, 1.165) is 24.5 Å². The fourth-order valence-corrected chi connectivity index (χ4v) is 4.41. The van der Waals surface area contributed by atoms with Gasteiger partial charge in [0.2, 0.25) is 0 Å². The first-order valence-electron chi connectivity index (χ1n) is 10.5. The van der Waals surface area contributed by atoms with E-state index in [1.54, 1.807) is 37.4 Å². The van der Waals surface area contributed by atoms with Gasteiger partial charge < -0.3 is 24.4 Å². The highest BCUT2D eigenvalue weighted by atomic mass is 16.5. The van der Waals surface area contributed by atoms with Crippen LogP contribution in [-0.4, -0.2) is 54.8 Å². The quantitative estimate of drug-likeness (QED) is 0.833. The van der Waals surface area contributed by atoms with Crippen LogP contribution in [0.4, 0.5) is 5.82 Å². The Kier molecular flexibility index (Phi) is 6.08. The van der Waals surface area contributed by atoms with Crippen LogP contribution in [-0.2, 0) is 6.54 Å². The van der Waals surface area contributed by atoms with Crippen LogP contribution in [0.15, 0.2) is 30.5 Å². The normalized spacial score (nSPS) is 19.1. The number of ether oxygens (including phenoxy) is 2. The van der Waals surface area contributed by atoms with Crippen molar-refractivity contribution < 1.29 is 19.4 Å². The number of β-amino-alcohol motifs (C(OH)–C–C–N with tert-alkyl or cyclic N) is 1. The Morgan fingerprint density at radius 3 is 2.37 bits per heavy atom. The Morgan fingerprint density at radius 1 is 1.03 bits per heavy atom. The lowest BCUT2D eigenvalue weighted by molar-refractivity contribution is 0.0538. The van der Waals surface area contributed by atoms with E-state index in [2.05, 4.69) is 9.88 Å². The van der Waals surface area contributed by atoms with Gasteiger partial charge in [-0.05, 0) is 37.1 Å². The molecule has 1 fully saturated rings. The Bertz CT molecular complexity index is 892. The Hall–Kier alpha value is -2.80. The summed E-state index contributed by atoms with van der Waals surface area (Å²) in [6.07, 6.45) is 5.69. The molecular formula is C23H29N3O4. The first-order chi connectivity index (χ1) is 14.6. The number of amides is 1. The smallest absolute Gasteiger partial charge is 0.255 e. The third-order valence-electron chi connectivity index (χ3n) is 6.00. The maximum atomic E-state index is 13.1. The monoisotopic (exact) mass is 411 g/mol. The zero-order valence-corrected chi connectivity index (χ0v) is 17.6. The van der Waals surface area contributed by atoms with Crippen molar-refractivity contribution in [3.8, 4) is 11.5 Å². The third-order valence-corrected chi connectivity index (χ3v) is 6.00. The summed E-state index contributed by atoms with van der Waals surface area (Å²) in [7, 11) is 3.16. The largest absolute Gasteiger partial charge is 0.496 e. The number of aliphatic hydroxyl groups is 1. The number of methoxy groups -OCH3 is 2. The molecule has 0 aliphatic carbocycles. The molecule has 0 bridgehead atoms. The molecule has 1 aromatic heterocycles. The van der Waals surface area contributed by atoms with Crippen LogP contribution >= 0.6 is 0 Å². The number of anilines is 1. The maximum Gasteiger partial charge on any atom is 0.255 e. The summed E-state index contributed by atoms with van der Waals surface area (Å²) in [6.45, 7) is 2.57. The molecule has 1 saturated heterocycles. The van der Waals surface area contributed by atoms with Crippen molar-refractivity contribution in [1.29, 1.82) is 0 Å². The predicted octanol–water partition coefficient (Wildman–Crippen LogP) is 3.17. The van der Waals surface area contributed by atoms with Gasteiger partial charge in [0.1, 0.15) is 23.4 Å². The molecule has 7 nitrogen and oxygen atoms in total. The molecule has 1 atom stereocenters. The van der Waals surface area contributed by atoms with Crippen molar-refractivity contribution in [2.45, 2.75) is 38.3 Å². The van der Waals surface area contributed by atoms with Crippen molar-refractivity contribution in [2.75, 3.05) is 38.8 Å². The van der Waals surface area contributed by atoms with E-state index in [-0.39, 0.29) is 12.5 Å².